The number of hydrogen-bond donors (Lipinski definition) is 1. The lowest BCUT2D eigenvalue weighted by atomic mass is 10.2. The van der Waals surface area contributed by atoms with E-state index >= 15 is 0 Å². The predicted octanol–water partition coefficient (Wildman–Crippen LogP) is 4.52. The van der Waals surface area contributed by atoms with Gasteiger partial charge in [0, 0.05) is 17.3 Å². The lowest BCUT2D eigenvalue weighted by Crippen LogP contribution is -2.08. The van der Waals surface area contributed by atoms with Gasteiger partial charge in [0.25, 0.3) is 0 Å². The summed E-state index contributed by atoms with van der Waals surface area (Å²) in [6.45, 7) is 0. The van der Waals surface area contributed by atoms with E-state index in [1.807, 2.05) is 30.3 Å². The molecule has 1 aromatic heterocycles. The third-order valence-corrected chi connectivity index (χ3v) is 4.46. The van der Waals surface area contributed by atoms with Gasteiger partial charge in [0.2, 0.25) is 11.8 Å². The predicted molar refractivity (Wildman–Crippen MR) is 116 cm³/mol. The molecule has 0 aliphatic heterocycles. The van der Waals surface area contributed by atoms with E-state index in [0.717, 1.165) is 11.3 Å². The number of methoxy groups -OCH3 is 1. The van der Waals surface area contributed by atoms with Crippen LogP contribution in [-0.2, 0) is 4.79 Å². The van der Waals surface area contributed by atoms with Gasteiger partial charge in [0.15, 0.2) is 0 Å². The van der Waals surface area contributed by atoms with Crippen molar-refractivity contribution in [2.75, 3.05) is 12.4 Å². The fraction of sp³-hybridized carbons (Fsp3) is 0.0417. The Morgan fingerprint density at radius 2 is 1.83 bits per heavy atom. The molecule has 0 aliphatic carbocycles. The van der Waals surface area contributed by atoms with Crippen LogP contribution in [-0.4, -0.2) is 18.0 Å². The quantitative estimate of drug-likeness (QED) is 0.500. The Morgan fingerprint density at radius 1 is 1.03 bits per heavy atom. The van der Waals surface area contributed by atoms with Crippen LogP contribution in [0.2, 0.25) is 0 Å². The summed E-state index contributed by atoms with van der Waals surface area (Å²) in [7, 11) is 1.60. The molecule has 0 saturated carbocycles. The number of carbonyl (C=O) groups is 1. The number of benzene rings is 3. The highest BCUT2D eigenvalue weighted by Gasteiger charge is 2.09. The van der Waals surface area contributed by atoms with Crippen LogP contribution in [0.1, 0.15) is 5.56 Å². The first-order valence-electron chi connectivity index (χ1n) is 9.26. The summed E-state index contributed by atoms with van der Waals surface area (Å²) in [4.78, 5) is 28.9. The van der Waals surface area contributed by atoms with Crippen LogP contribution in [0.5, 0.6) is 5.75 Å². The van der Waals surface area contributed by atoms with Gasteiger partial charge in [0.05, 0.1) is 18.0 Å². The number of nitrogens with zero attached hydrogens (tertiary/aromatic N) is 1. The summed E-state index contributed by atoms with van der Waals surface area (Å²) < 4.78 is 10.5. The highest BCUT2D eigenvalue weighted by atomic mass is 16.5. The van der Waals surface area contributed by atoms with Gasteiger partial charge in [-0.1, -0.05) is 30.3 Å². The molecule has 0 bridgehead atoms. The van der Waals surface area contributed by atoms with Crippen molar-refractivity contribution in [2.24, 2.45) is 0 Å². The molecule has 1 heterocycles. The van der Waals surface area contributed by atoms with Crippen LogP contribution in [0.4, 0.5) is 5.69 Å². The number of nitrogens with one attached hydrogen (secondary N) is 1. The standard InChI is InChI=1S/C24H18N2O4/c1-29-19-12-9-16(10-13-19)11-14-22(27)25-18-6-4-5-17(15-18)23-26-21-8-3-2-7-20(21)24(28)30-23/h2-15H,1H3,(H,25,27)/b14-11+. The molecule has 4 rings (SSSR count). The van der Waals surface area contributed by atoms with Gasteiger partial charge >= 0.3 is 5.63 Å². The number of ether oxygens (including phenoxy) is 1. The summed E-state index contributed by atoms with van der Waals surface area (Å²) in [5.41, 5.74) is 2.14. The van der Waals surface area contributed by atoms with E-state index in [9.17, 15) is 9.59 Å². The maximum atomic E-state index is 12.3. The first kappa shape index (κ1) is 19.1. The Hall–Kier alpha value is -4.19. The van der Waals surface area contributed by atoms with Gasteiger partial charge in [0.1, 0.15) is 5.75 Å². The minimum absolute atomic E-state index is 0.198. The Labute approximate surface area is 172 Å². The van der Waals surface area contributed by atoms with Crippen LogP contribution in [0.3, 0.4) is 0 Å². The molecule has 6 heteroatoms. The molecule has 1 N–H and O–H groups in total. The lowest BCUT2D eigenvalue weighted by molar-refractivity contribution is -0.111. The van der Waals surface area contributed by atoms with Crippen molar-refractivity contribution in [2.45, 2.75) is 0 Å². The highest BCUT2D eigenvalue weighted by molar-refractivity contribution is 6.02. The SMILES string of the molecule is COc1ccc(/C=C/C(=O)Nc2cccc(-c3nc4ccccc4c(=O)o3)c2)cc1. The molecule has 148 valence electrons. The average molecular weight is 398 g/mol. The first-order chi connectivity index (χ1) is 14.6. The highest BCUT2D eigenvalue weighted by Crippen LogP contribution is 2.22. The summed E-state index contributed by atoms with van der Waals surface area (Å²) in [6, 6.07) is 21.3. The van der Waals surface area contributed by atoms with Crippen LogP contribution in [0.15, 0.2) is 88.1 Å². The van der Waals surface area contributed by atoms with Crippen molar-refractivity contribution in [1.82, 2.24) is 4.98 Å². The molecule has 0 atom stereocenters. The minimum atomic E-state index is -0.451. The lowest BCUT2D eigenvalue weighted by Gasteiger charge is -2.06. The van der Waals surface area contributed by atoms with E-state index in [4.69, 9.17) is 9.15 Å². The van der Waals surface area contributed by atoms with Crippen LogP contribution in [0.25, 0.3) is 28.4 Å². The minimum Gasteiger partial charge on any atom is -0.497 e. The maximum Gasteiger partial charge on any atom is 0.347 e. The molecule has 0 unspecified atom stereocenters. The Morgan fingerprint density at radius 3 is 2.63 bits per heavy atom. The number of hydrogen-bond acceptors (Lipinski definition) is 5. The second-order valence-electron chi connectivity index (χ2n) is 6.50. The molecule has 4 aromatic rings. The molecular formula is C24H18N2O4. The second kappa shape index (κ2) is 8.45. The fourth-order valence-electron chi connectivity index (χ4n) is 2.94. The van der Waals surface area contributed by atoms with Crippen LogP contribution < -0.4 is 15.7 Å². The zero-order chi connectivity index (χ0) is 20.9. The Balaban J connectivity index is 1.52. The van der Waals surface area contributed by atoms with Crippen molar-refractivity contribution in [1.29, 1.82) is 0 Å². The maximum absolute atomic E-state index is 12.3. The summed E-state index contributed by atoms with van der Waals surface area (Å²) in [5, 5.41) is 3.22. The second-order valence-corrected chi connectivity index (χ2v) is 6.50. The molecule has 3 aromatic carbocycles. The molecule has 30 heavy (non-hydrogen) atoms. The zero-order valence-corrected chi connectivity index (χ0v) is 16.2. The van der Waals surface area contributed by atoms with Crippen molar-refractivity contribution in [3.63, 3.8) is 0 Å². The Bertz CT molecular complexity index is 1290. The summed E-state index contributed by atoms with van der Waals surface area (Å²) >= 11 is 0. The van der Waals surface area contributed by atoms with Crippen molar-refractivity contribution in [3.05, 3.63) is 94.9 Å². The largest absolute Gasteiger partial charge is 0.497 e. The summed E-state index contributed by atoms with van der Waals surface area (Å²) in [5.74, 6) is 0.668. The third-order valence-electron chi connectivity index (χ3n) is 4.46. The number of carbonyl (C=O) groups excluding carboxylic acids is 1. The van der Waals surface area contributed by atoms with E-state index in [-0.39, 0.29) is 11.8 Å². The van der Waals surface area contributed by atoms with Crippen molar-refractivity contribution < 1.29 is 13.9 Å². The number of rotatable bonds is 5. The van der Waals surface area contributed by atoms with Gasteiger partial charge < -0.3 is 14.5 Å². The van der Waals surface area contributed by atoms with Gasteiger partial charge in [-0.3, -0.25) is 4.79 Å². The van der Waals surface area contributed by atoms with Gasteiger partial charge in [-0.2, -0.15) is 0 Å². The van der Waals surface area contributed by atoms with E-state index in [0.29, 0.717) is 22.2 Å². The number of para-hydroxylation sites is 1. The number of amides is 1. The van der Waals surface area contributed by atoms with Crippen molar-refractivity contribution >= 4 is 28.6 Å². The number of anilines is 1. The molecular weight excluding hydrogens is 380 g/mol. The number of fused-ring (bicyclic) bond motifs is 1. The Kier molecular flexibility index (Phi) is 5.39. The monoisotopic (exact) mass is 398 g/mol. The molecule has 0 saturated heterocycles. The molecule has 0 aliphatic rings. The van der Waals surface area contributed by atoms with Crippen molar-refractivity contribution in [3.8, 4) is 17.2 Å². The first-order valence-corrected chi connectivity index (χ1v) is 9.26. The van der Waals surface area contributed by atoms with Crippen LogP contribution >= 0.6 is 0 Å². The van der Waals surface area contributed by atoms with E-state index < -0.39 is 5.63 Å². The zero-order valence-electron chi connectivity index (χ0n) is 16.2. The number of aromatic nitrogens is 1. The van der Waals surface area contributed by atoms with E-state index in [1.54, 1.807) is 55.7 Å². The molecule has 1 amide bonds. The molecule has 0 spiro atoms. The third kappa shape index (κ3) is 4.28. The molecule has 0 fully saturated rings. The van der Waals surface area contributed by atoms with Gasteiger partial charge in [-0.25, -0.2) is 9.78 Å². The molecule has 6 nitrogen and oxygen atoms in total. The smallest absolute Gasteiger partial charge is 0.347 e. The summed E-state index contributed by atoms with van der Waals surface area (Å²) in [6.07, 6.45) is 3.16. The van der Waals surface area contributed by atoms with Crippen LogP contribution in [0, 0.1) is 0 Å². The molecule has 0 radical (unpaired) electrons. The topological polar surface area (TPSA) is 81.4 Å². The normalized spacial score (nSPS) is 11.0. The van der Waals surface area contributed by atoms with E-state index in [1.165, 1.54) is 6.08 Å². The fourth-order valence-corrected chi connectivity index (χ4v) is 2.94. The average Bonchev–Trinajstić information content (AvgIpc) is 2.78. The van der Waals surface area contributed by atoms with E-state index in [2.05, 4.69) is 10.3 Å². The van der Waals surface area contributed by atoms with Gasteiger partial charge in [-0.05, 0) is 54.1 Å². The van der Waals surface area contributed by atoms with Gasteiger partial charge in [-0.15, -0.1) is 0 Å².